The lowest BCUT2D eigenvalue weighted by Gasteiger charge is -2.23. The number of carbonyl (C=O) groups is 1. The van der Waals surface area contributed by atoms with E-state index in [2.05, 4.69) is 6.58 Å². The van der Waals surface area contributed by atoms with E-state index < -0.39 is 12.2 Å². The number of anilines is 1. The summed E-state index contributed by atoms with van der Waals surface area (Å²) in [6.45, 7) is 3.03. The van der Waals surface area contributed by atoms with Crippen LogP contribution in [0.1, 0.15) is 0 Å². The SMILES string of the molecule is C=CC(=O)N(c1ccccc1)C(F)(F)F. The normalized spacial score (nSPS) is 10.9. The van der Waals surface area contributed by atoms with Crippen molar-refractivity contribution >= 4 is 11.6 Å². The van der Waals surface area contributed by atoms with Crippen LogP contribution in [0.5, 0.6) is 0 Å². The first kappa shape index (κ1) is 11.3. The molecule has 5 heteroatoms. The van der Waals surface area contributed by atoms with E-state index in [9.17, 15) is 18.0 Å². The number of hydrogen-bond acceptors (Lipinski definition) is 1. The second-order valence-electron chi connectivity index (χ2n) is 2.68. The van der Waals surface area contributed by atoms with E-state index >= 15 is 0 Å². The molecule has 0 fully saturated rings. The topological polar surface area (TPSA) is 20.3 Å². The van der Waals surface area contributed by atoms with Crippen LogP contribution in [-0.2, 0) is 4.79 Å². The molecule has 1 amide bonds. The molecule has 0 saturated carbocycles. The summed E-state index contributed by atoms with van der Waals surface area (Å²) in [5.41, 5.74) is -0.227. The quantitative estimate of drug-likeness (QED) is 0.548. The average Bonchev–Trinajstić information content (AvgIpc) is 2.17. The second-order valence-corrected chi connectivity index (χ2v) is 2.68. The molecular weight excluding hydrogens is 207 g/mol. The van der Waals surface area contributed by atoms with E-state index in [0.717, 1.165) is 0 Å². The molecule has 0 aliphatic heterocycles. The molecule has 0 N–H and O–H groups in total. The molecule has 0 bridgehead atoms. The summed E-state index contributed by atoms with van der Waals surface area (Å²) < 4.78 is 37.5. The van der Waals surface area contributed by atoms with Crippen molar-refractivity contribution in [2.45, 2.75) is 6.30 Å². The largest absolute Gasteiger partial charge is 0.491 e. The fourth-order valence-corrected chi connectivity index (χ4v) is 1.07. The molecule has 0 spiro atoms. The Bertz CT molecular complexity index is 359. The Morgan fingerprint density at radius 3 is 2.20 bits per heavy atom. The van der Waals surface area contributed by atoms with E-state index in [-0.39, 0.29) is 10.6 Å². The van der Waals surface area contributed by atoms with E-state index in [0.29, 0.717) is 6.08 Å². The number of hydrogen-bond donors (Lipinski definition) is 0. The number of benzene rings is 1. The fourth-order valence-electron chi connectivity index (χ4n) is 1.07. The number of alkyl halides is 3. The monoisotopic (exact) mass is 215 g/mol. The minimum Gasteiger partial charge on any atom is -0.269 e. The van der Waals surface area contributed by atoms with Crippen LogP contribution >= 0.6 is 0 Å². The highest BCUT2D eigenvalue weighted by atomic mass is 19.4. The number of carbonyl (C=O) groups excluding carboxylic acids is 1. The maximum absolute atomic E-state index is 12.5. The number of amides is 1. The van der Waals surface area contributed by atoms with Crippen molar-refractivity contribution in [1.82, 2.24) is 0 Å². The standard InChI is InChI=1S/C10H8F3NO/c1-2-9(15)14(10(11,12)13)8-6-4-3-5-7-8/h2-7H,1H2. The summed E-state index contributed by atoms with van der Waals surface area (Å²) in [7, 11) is 0. The van der Waals surface area contributed by atoms with E-state index in [1.54, 1.807) is 6.07 Å². The van der Waals surface area contributed by atoms with Crippen molar-refractivity contribution in [3.05, 3.63) is 43.0 Å². The van der Waals surface area contributed by atoms with Gasteiger partial charge in [0.15, 0.2) is 0 Å². The molecule has 0 aliphatic rings. The van der Waals surface area contributed by atoms with E-state index in [4.69, 9.17) is 0 Å². The molecule has 1 aromatic rings. The average molecular weight is 215 g/mol. The zero-order chi connectivity index (χ0) is 11.5. The number of para-hydroxylation sites is 1. The molecule has 0 radical (unpaired) electrons. The lowest BCUT2D eigenvalue weighted by molar-refractivity contribution is -0.146. The molecule has 1 rings (SSSR count). The molecular formula is C10H8F3NO. The molecule has 0 aromatic heterocycles. The maximum Gasteiger partial charge on any atom is 0.491 e. The minimum atomic E-state index is -4.74. The lowest BCUT2D eigenvalue weighted by atomic mass is 10.3. The van der Waals surface area contributed by atoms with Gasteiger partial charge < -0.3 is 0 Å². The third kappa shape index (κ3) is 2.59. The summed E-state index contributed by atoms with van der Waals surface area (Å²) in [5, 5.41) is 0. The van der Waals surface area contributed by atoms with Crippen LogP contribution in [0.25, 0.3) is 0 Å². The zero-order valence-electron chi connectivity index (χ0n) is 7.66. The smallest absolute Gasteiger partial charge is 0.269 e. The van der Waals surface area contributed by atoms with Gasteiger partial charge >= 0.3 is 6.30 Å². The van der Waals surface area contributed by atoms with Crippen molar-refractivity contribution in [2.75, 3.05) is 4.90 Å². The Hall–Kier alpha value is -1.78. The van der Waals surface area contributed by atoms with Crippen molar-refractivity contribution in [3.63, 3.8) is 0 Å². The fraction of sp³-hybridized carbons (Fsp3) is 0.100. The van der Waals surface area contributed by atoms with E-state index in [1.165, 1.54) is 24.3 Å². The summed E-state index contributed by atoms with van der Waals surface area (Å²) >= 11 is 0. The Morgan fingerprint density at radius 1 is 1.27 bits per heavy atom. The Kier molecular flexibility index (Phi) is 3.14. The van der Waals surface area contributed by atoms with Gasteiger partial charge in [0.1, 0.15) is 0 Å². The van der Waals surface area contributed by atoms with Gasteiger partial charge in [0.2, 0.25) is 0 Å². The molecule has 0 unspecified atom stereocenters. The van der Waals surface area contributed by atoms with Crippen molar-refractivity contribution in [3.8, 4) is 0 Å². The molecule has 2 nitrogen and oxygen atoms in total. The Balaban J connectivity index is 3.13. The van der Waals surface area contributed by atoms with Crippen LogP contribution in [0.3, 0.4) is 0 Å². The highest BCUT2D eigenvalue weighted by molar-refractivity contribution is 6.01. The van der Waals surface area contributed by atoms with Gasteiger partial charge in [-0.3, -0.25) is 4.79 Å². The van der Waals surface area contributed by atoms with Crippen LogP contribution in [0.15, 0.2) is 43.0 Å². The Labute approximate surface area is 84.6 Å². The molecule has 0 aliphatic carbocycles. The van der Waals surface area contributed by atoms with Crippen molar-refractivity contribution in [1.29, 1.82) is 0 Å². The van der Waals surface area contributed by atoms with Gasteiger partial charge in [-0.1, -0.05) is 24.8 Å². The number of halogens is 3. The molecule has 80 valence electrons. The molecule has 15 heavy (non-hydrogen) atoms. The van der Waals surface area contributed by atoms with Crippen LogP contribution < -0.4 is 4.90 Å². The summed E-state index contributed by atoms with van der Waals surface area (Å²) in [4.78, 5) is 10.8. The molecule has 0 heterocycles. The van der Waals surface area contributed by atoms with Gasteiger partial charge in [0.25, 0.3) is 5.91 Å². The van der Waals surface area contributed by atoms with Gasteiger partial charge in [-0.2, -0.15) is 0 Å². The lowest BCUT2D eigenvalue weighted by Crippen LogP contribution is -2.42. The van der Waals surface area contributed by atoms with Gasteiger partial charge in [-0.05, 0) is 18.2 Å². The number of rotatable bonds is 2. The molecule has 1 aromatic carbocycles. The minimum absolute atomic E-state index is 0.227. The molecule has 0 saturated heterocycles. The summed E-state index contributed by atoms with van der Waals surface area (Å²) in [6, 6.07) is 6.81. The maximum atomic E-state index is 12.5. The second kappa shape index (κ2) is 4.16. The zero-order valence-corrected chi connectivity index (χ0v) is 7.66. The highest BCUT2D eigenvalue weighted by Gasteiger charge is 2.41. The first-order valence-electron chi connectivity index (χ1n) is 4.05. The first-order chi connectivity index (χ1) is 6.96. The summed E-state index contributed by atoms with van der Waals surface area (Å²) in [6.07, 6.45) is -4.12. The van der Waals surface area contributed by atoms with Crippen LogP contribution in [0, 0.1) is 0 Å². The van der Waals surface area contributed by atoms with Crippen molar-refractivity contribution in [2.24, 2.45) is 0 Å². The van der Waals surface area contributed by atoms with Gasteiger partial charge in [-0.25, -0.2) is 4.90 Å². The number of nitrogens with zero attached hydrogens (tertiary/aromatic N) is 1. The van der Waals surface area contributed by atoms with Gasteiger partial charge in [-0.15, -0.1) is 13.2 Å². The van der Waals surface area contributed by atoms with Crippen molar-refractivity contribution < 1.29 is 18.0 Å². The molecule has 0 atom stereocenters. The highest BCUT2D eigenvalue weighted by Crippen LogP contribution is 2.28. The van der Waals surface area contributed by atoms with Gasteiger partial charge in [0, 0.05) is 0 Å². The predicted octanol–water partition coefficient (Wildman–Crippen LogP) is 2.73. The third-order valence-electron chi connectivity index (χ3n) is 1.66. The van der Waals surface area contributed by atoms with E-state index in [1.807, 2.05) is 0 Å². The van der Waals surface area contributed by atoms with Gasteiger partial charge in [0.05, 0.1) is 5.69 Å². The van der Waals surface area contributed by atoms with Crippen LogP contribution in [0.2, 0.25) is 0 Å². The van der Waals surface area contributed by atoms with Crippen LogP contribution in [0.4, 0.5) is 18.9 Å². The predicted molar refractivity (Wildman–Crippen MR) is 50.2 cm³/mol. The Morgan fingerprint density at radius 2 is 1.80 bits per heavy atom. The third-order valence-corrected chi connectivity index (χ3v) is 1.66. The first-order valence-corrected chi connectivity index (χ1v) is 4.05. The summed E-state index contributed by atoms with van der Waals surface area (Å²) in [5.74, 6) is -1.20. The van der Waals surface area contributed by atoms with Crippen LogP contribution in [-0.4, -0.2) is 12.2 Å².